The molecule has 2 saturated heterocycles. The van der Waals surface area contributed by atoms with Crippen molar-refractivity contribution in [3.05, 3.63) is 41.5 Å². The van der Waals surface area contributed by atoms with Gasteiger partial charge in [-0.25, -0.2) is 4.79 Å². The summed E-state index contributed by atoms with van der Waals surface area (Å²) >= 11 is 0. The van der Waals surface area contributed by atoms with Gasteiger partial charge in [0.2, 0.25) is 0 Å². The molecule has 5 nitrogen and oxygen atoms in total. The second-order valence-electron chi connectivity index (χ2n) is 11.4. The van der Waals surface area contributed by atoms with Crippen LogP contribution in [0.4, 0.5) is 4.79 Å². The molecule has 5 rings (SSSR count). The molecule has 1 saturated carbocycles. The van der Waals surface area contributed by atoms with Crippen LogP contribution in [0.25, 0.3) is 5.57 Å². The molecule has 3 fully saturated rings. The summed E-state index contributed by atoms with van der Waals surface area (Å²) in [7, 11) is 0. The maximum atomic E-state index is 12.3. The largest absolute Gasteiger partial charge is 0.444 e. The number of nitrogens with zero attached hydrogens (tertiary/aromatic N) is 2. The summed E-state index contributed by atoms with van der Waals surface area (Å²) in [5.74, 6) is 0.644. The SMILES string of the molecule is CC(C)(C)OC(=O)N1CC2(CC[C@@H](N3CCC(c4ccccc4C4=CCOC4)CC3)C2)C1. The molecular weight excluding hydrogens is 400 g/mol. The monoisotopic (exact) mass is 438 g/mol. The highest BCUT2D eigenvalue weighted by Crippen LogP contribution is 2.48. The summed E-state index contributed by atoms with van der Waals surface area (Å²) in [4.78, 5) is 17.0. The number of carbonyl (C=O) groups is 1. The number of hydrogen-bond donors (Lipinski definition) is 0. The van der Waals surface area contributed by atoms with E-state index >= 15 is 0 Å². The average molecular weight is 439 g/mol. The van der Waals surface area contributed by atoms with Crippen LogP contribution >= 0.6 is 0 Å². The van der Waals surface area contributed by atoms with Gasteiger partial charge in [0, 0.05) is 24.5 Å². The standard InChI is InChI=1S/C27H38N2O3/c1-26(2,3)32-25(30)29-18-27(19-29)12-8-22(16-27)28-13-9-20(10-14-28)23-6-4-5-7-24(23)21-11-15-31-17-21/h4-7,11,20,22H,8-10,12-19H2,1-3H3/t22-/m1/s1. The predicted octanol–water partition coefficient (Wildman–Crippen LogP) is 5.07. The number of carbonyl (C=O) groups excluding carboxylic acids is 1. The lowest BCUT2D eigenvalue weighted by molar-refractivity contribution is -0.0347. The van der Waals surface area contributed by atoms with Crippen molar-refractivity contribution in [3.63, 3.8) is 0 Å². The van der Waals surface area contributed by atoms with Gasteiger partial charge in [0.05, 0.1) is 13.2 Å². The lowest BCUT2D eigenvalue weighted by Crippen LogP contribution is -2.58. The third kappa shape index (κ3) is 4.47. The lowest BCUT2D eigenvalue weighted by atomic mass is 9.78. The fourth-order valence-corrected chi connectivity index (χ4v) is 6.29. The molecular formula is C27H38N2O3. The second kappa shape index (κ2) is 8.49. The van der Waals surface area contributed by atoms with E-state index in [1.54, 1.807) is 0 Å². The van der Waals surface area contributed by atoms with Crippen LogP contribution in [0, 0.1) is 5.41 Å². The Bertz CT molecular complexity index is 873. The van der Waals surface area contributed by atoms with Crippen molar-refractivity contribution in [2.24, 2.45) is 5.41 Å². The molecule has 0 radical (unpaired) electrons. The molecule has 1 amide bonds. The molecule has 174 valence electrons. The first-order chi connectivity index (χ1) is 15.3. The van der Waals surface area contributed by atoms with Crippen LogP contribution in [-0.2, 0) is 9.47 Å². The normalized spacial score (nSPS) is 26.3. The van der Waals surface area contributed by atoms with E-state index in [0.29, 0.717) is 17.4 Å². The van der Waals surface area contributed by atoms with E-state index in [1.807, 2.05) is 25.7 Å². The van der Waals surface area contributed by atoms with Crippen molar-refractivity contribution in [2.75, 3.05) is 39.4 Å². The molecule has 1 atom stereocenters. The van der Waals surface area contributed by atoms with Crippen molar-refractivity contribution >= 4 is 11.7 Å². The molecule has 1 aliphatic carbocycles. The minimum atomic E-state index is -0.414. The fourth-order valence-electron chi connectivity index (χ4n) is 6.29. The first kappa shape index (κ1) is 22.0. The van der Waals surface area contributed by atoms with Crippen LogP contribution in [0.2, 0.25) is 0 Å². The Kier molecular flexibility index (Phi) is 5.83. The number of likely N-dealkylation sites (tertiary alicyclic amines) is 2. The number of amides is 1. The number of benzene rings is 1. The Morgan fingerprint density at radius 3 is 2.56 bits per heavy atom. The van der Waals surface area contributed by atoms with Gasteiger partial charge in [0.1, 0.15) is 5.60 Å². The first-order valence-electron chi connectivity index (χ1n) is 12.4. The zero-order valence-corrected chi connectivity index (χ0v) is 19.9. The van der Waals surface area contributed by atoms with Gasteiger partial charge in [-0.1, -0.05) is 30.3 Å². The van der Waals surface area contributed by atoms with E-state index in [0.717, 1.165) is 26.3 Å². The topological polar surface area (TPSA) is 42.0 Å². The predicted molar refractivity (Wildman–Crippen MR) is 127 cm³/mol. The Labute approximate surface area is 192 Å². The van der Waals surface area contributed by atoms with Crippen molar-refractivity contribution in [3.8, 4) is 0 Å². The Morgan fingerprint density at radius 1 is 1.12 bits per heavy atom. The molecule has 1 aromatic carbocycles. The Morgan fingerprint density at radius 2 is 1.88 bits per heavy atom. The third-order valence-corrected chi connectivity index (χ3v) is 7.88. The molecule has 3 aliphatic heterocycles. The van der Waals surface area contributed by atoms with E-state index in [9.17, 15) is 4.79 Å². The van der Waals surface area contributed by atoms with Crippen LogP contribution < -0.4 is 0 Å². The third-order valence-electron chi connectivity index (χ3n) is 7.88. The molecule has 1 aromatic rings. The number of hydrogen-bond acceptors (Lipinski definition) is 4. The van der Waals surface area contributed by atoms with Crippen molar-refractivity contribution in [1.82, 2.24) is 9.80 Å². The Balaban J connectivity index is 1.14. The van der Waals surface area contributed by atoms with Gasteiger partial charge in [-0.05, 0) is 88.6 Å². The number of piperidine rings is 1. The summed E-state index contributed by atoms with van der Waals surface area (Å²) in [6.45, 7) is 11.4. The summed E-state index contributed by atoms with van der Waals surface area (Å²) in [5, 5.41) is 0. The average Bonchev–Trinajstić information content (AvgIpc) is 3.42. The van der Waals surface area contributed by atoms with Gasteiger partial charge in [0.15, 0.2) is 0 Å². The van der Waals surface area contributed by atoms with Gasteiger partial charge in [-0.15, -0.1) is 0 Å². The van der Waals surface area contributed by atoms with Crippen LogP contribution in [0.5, 0.6) is 0 Å². The van der Waals surface area contributed by atoms with Crippen molar-refractivity contribution < 1.29 is 14.3 Å². The highest BCUT2D eigenvalue weighted by atomic mass is 16.6. The summed E-state index contributed by atoms with van der Waals surface area (Å²) in [5.41, 5.74) is 4.20. The van der Waals surface area contributed by atoms with Gasteiger partial charge >= 0.3 is 6.09 Å². The molecule has 0 N–H and O–H groups in total. The van der Waals surface area contributed by atoms with Crippen LogP contribution in [0.15, 0.2) is 30.3 Å². The maximum Gasteiger partial charge on any atom is 0.410 e. The molecule has 0 bridgehead atoms. The first-order valence-corrected chi connectivity index (χ1v) is 12.4. The van der Waals surface area contributed by atoms with Gasteiger partial charge in [0.25, 0.3) is 0 Å². The summed E-state index contributed by atoms with van der Waals surface area (Å²) in [6, 6.07) is 9.63. The highest BCUT2D eigenvalue weighted by molar-refractivity contribution is 5.71. The van der Waals surface area contributed by atoms with Crippen LogP contribution in [0.3, 0.4) is 0 Å². The quantitative estimate of drug-likeness (QED) is 0.661. The second-order valence-corrected chi connectivity index (χ2v) is 11.4. The van der Waals surface area contributed by atoms with E-state index < -0.39 is 5.60 Å². The summed E-state index contributed by atoms with van der Waals surface area (Å²) < 4.78 is 11.1. The molecule has 32 heavy (non-hydrogen) atoms. The molecule has 1 spiro atoms. The molecule has 0 aromatic heterocycles. The molecule has 5 heteroatoms. The van der Waals surface area contributed by atoms with E-state index in [1.165, 1.54) is 61.9 Å². The molecule has 4 aliphatic rings. The minimum Gasteiger partial charge on any atom is -0.444 e. The smallest absolute Gasteiger partial charge is 0.410 e. The minimum absolute atomic E-state index is 0.145. The molecule has 0 unspecified atom stereocenters. The lowest BCUT2D eigenvalue weighted by Gasteiger charge is -2.48. The number of ether oxygens (including phenoxy) is 2. The van der Waals surface area contributed by atoms with E-state index in [-0.39, 0.29) is 6.09 Å². The Hall–Kier alpha value is -1.85. The highest BCUT2D eigenvalue weighted by Gasteiger charge is 2.51. The van der Waals surface area contributed by atoms with Gasteiger partial charge < -0.3 is 19.3 Å². The van der Waals surface area contributed by atoms with Crippen LogP contribution in [-0.4, -0.2) is 66.9 Å². The van der Waals surface area contributed by atoms with Crippen molar-refractivity contribution in [1.29, 1.82) is 0 Å². The zero-order valence-electron chi connectivity index (χ0n) is 19.9. The van der Waals surface area contributed by atoms with Crippen molar-refractivity contribution in [2.45, 2.75) is 70.4 Å². The van der Waals surface area contributed by atoms with E-state index in [2.05, 4.69) is 35.2 Å². The zero-order chi connectivity index (χ0) is 22.3. The van der Waals surface area contributed by atoms with Gasteiger partial charge in [-0.3, -0.25) is 0 Å². The summed E-state index contributed by atoms with van der Waals surface area (Å²) in [6.07, 6.45) is 8.32. The van der Waals surface area contributed by atoms with E-state index in [4.69, 9.17) is 9.47 Å². The molecule has 3 heterocycles. The van der Waals surface area contributed by atoms with Crippen LogP contribution in [0.1, 0.15) is 69.9 Å². The fraction of sp³-hybridized carbons (Fsp3) is 0.667. The van der Waals surface area contributed by atoms with Gasteiger partial charge in [-0.2, -0.15) is 0 Å². The number of rotatable bonds is 3. The maximum absolute atomic E-state index is 12.3.